The van der Waals surface area contributed by atoms with Crippen LogP contribution in [0.2, 0.25) is 0 Å². The molecule has 3 rings (SSSR count). The molecule has 0 radical (unpaired) electrons. The first kappa shape index (κ1) is 18.0. The summed E-state index contributed by atoms with van der Waals surface area (Å²) in [5.41, 5.74) is 3.46. The summed E-state index contributed by atoms with van der Waals surface area (Å²) in [6.07, 6.45) is 2.51. The van der Waals surface area contributed by atoms with Crippen molar-refractivity contribution in [3.63, 3.8) is 0 Å². The fourth-order valence-corrected chi connectivity index (χ4v) is 3.10. The van der Waals surface area contributed by atoms with Gasteiger partial charge < -0.3 is 15.5 Å². The maximum Gasteiger partial charge on any atom is 0.246 e. The smallest absolute Gasteiger partial charge is 0.246 e. The number of hydrogen-bond acceptors (Lipinski definition) is 4. The first-order chi connectivity index (χ1) is 12.5. The van der Waals surface area contributed by atoms with Gasteiger partial charge in [-0.2, -0.15) is 0 Å². The molecule has 0 bridgehead atoms. The lowest BCUT2D eigenvalue weighted by atomic mass is 10.1. The van der Waals surface area contributed by atoms with Gasteiger partial charge in [-0.15, -0.1) is 0 Å². The van der Waals surface area contributed by atoms with Crippen molar-refractivity contribution >= 4 is 28.8 Å². The Hall–Kier alpha value is -2.82. The number of nitrogens with one attached hydrogen (secondary N) is 2. The maximum atomic E-state index is 12.4. The van der Waals surface area contributed by atoms with E-state index in [-0.39, 0.29) is 17.7 Å². The van der Waals surface area contributed by atoms with E-state index in [2.05, 4.69) is 27.7 Å². The molecule has 0 aliphatic carbocycles. The largest absolute Gasteiger partial charge is 0.374 e. The van der Waals surface area contributed by atoms with Crippen LogP contribution in [0.3, 0.4) is 0 Å². The van der Waals surface area contributed by atoms with Gasteiger partial charge in [0.2, 0.25) is 5.91 Å². The van der Waals surface area contributed by atoms with Crippen molar-refractivity contribution in [1.29, 1.82) is 0 Å². The summed E-state index contributed by atoms with van der Waals surface area (Å²) < 4.78 is 0. The highest BCUT2D eigenvalue weighted by atomic mass is 16.2. The van der Waals surface area contributed by atoms with Crippen molar-refractivity contribution in [3.8, 4) is 0 Å². The summed E-state index contributed by atoms with van der Waals surface area (Å²) in [7, 11) is 0. The maximum absolute atomic E-state index is 12.4. The molecular formula is C21H25N3O2. The fraction of sp³-hybridized carbons (Fsp3) is 0.333. The Bertz CT molecular complexity index is 763. The molecule has 2 aromatic carbocycles. The third-order valence-electron chi connectivity index (χ3n) is 4.67. The van der Waals surface area contributed by atoms with Gasteiger partial charge in [-0.1, -0.05) is 0 Å². The SMILES string of the molecule is CC(=O)c1ccc(NC(=O)[C@H](C)Nc2ccc(N3CCCC3)cc2)cc1. The predicted octanol–water partition coefficient (Wildman–Crippen LogP) is 3.93. The van der Waals surface area contributed by atoms with Crippen LogP contribution >= 0.6 is 0 Å². The molecular weight excluding hydrogens is 326 g/mol. The van der Waals surface area contributed by atoms with Gasteiger partial charge in [0, 0.05) is 35.7 Å². The number of rotatable bonds is 6. The van der Waals surface area contributed by atoms with Gasteiger partial charge in [-0.25, -0.2) is 0 Å². The summed E-state index contributed by atoms with van der Waals surface area (Å²) in [6.45, 7) is 5.59. The first-order valence-corrected chi connectivity index (χ1v) is 9.06. The molecule has 136 valence electrons. The van der Waals surface area contributed by atoms with Crippen LogP contribution in [0.5, 0.6) is 0 Å². The number of ketones is 1. The molecule has 1 saturated heterocycles. The number of benzene rings is 2. The van der Waals surface area contributed by atoms with Crippen LogP contribution in [-0.4, -0.2) is 30.8 Å². The van der Waals surface area contributed by atoms with Crippen LogP contribution in [0.15, 0.2) is 48.5 Å². The second-order valence-electron chi connectivity index (χ2n) is 6.73. The number of amides is 1. The summed E-state index contributed by atoms with van der Waals surface area (Å²) >= 11 is 0. The van der Waals surface area contributed by atoms with Gasteiger partial charge in [-0.05, 0) is 75.2 Å². The summed E-state index contributed by atoms with van der Waals surface area (Å²) in [6, 6.07) is 14.8. The number of nitrogens with zero attached hydrogens (tertiary/aromatic N) is 1. The third-order valence-corrected chi connectivity index (χ3v) is 4.67. The molecule has 1 aliphatic rings. The van der Waals surface area contributed by atoms with Crippen LogP contribution in [0.1, 0.15) is 37.0 Å². The second-order valence-corrected chi connectivity index (χ2v) is 6.73. The second kappa shape index (κ2) is 8.04. The standard InChI is InChI=1S/C21H25N3O2/c1-15(21(26)23-19-7-5-17(6-8-19)16(2)25)22-18-9-11-20(12-10-18)24-13-3-4-14-24/h5-12,15,22H,3-4,13-14H2,1-2H3,(H,23,26)/t15-/m0/s1. The van der Waals surface area contributed by atoms with Crippen molar-refractivity contribution in [2.75, 3.05) is 28.6 Å². The van der Waals surface area contributed by atoms with E-state index in [0.717, 1.165) is 18.8 Å². The van der Waals surface area contributed by atoms with E-state index < -0.39 is 0 Å². The van der Waals surface area contributed by atoms with Crippen molar-refractivity contribution < 1.29 is 9.59 Å². The van der Waals surface area contributed by atoms with E-state index in [4.69, 9.17) is 0 Å². The van der Waals surface area contributed by atoms with E-state index in [9.17, 15) is 9.59 Å². The van der Waals surface area contributed by atoms with E-state index in [1.54, 1.807) is 24.3 Å². The van der Waals surface area contributed by atoms with E-state index in [1.165, 1.54) is 25.5 Å². The van der Waals surface area contributed by atoms with E-state index in [1.807, 2.05) is 19.1 Å². The van der Waals surface area contributed by atoms with Crippen LogP contribution in [-0.2, 0) is 4.79 Å². The number of carbonyl (C=O) groups is 2. The summed E-state index contributed by atoms with van der Waals surface area (Å²) in [5.74, 6) is -0.112. The Balaban J connectivity index is 1.55. The minimum Gasteiger partial charge on any atom is -0.374 e. The molecule has 1 heterocycles. The van der Waals surface area contributed by atoms with Crippen molar-refractivity contribution in [3.05, 3.63) is 54.1 Å². The van der Waals surface area contributed by atoms with E-state index >= 15 is 0 Å². The molecule has 2 aromatic rings. The highest BCUT2D eigenvalue weighted by Gasteiger charge is 2.15. The summed E-state index contributed by atoms with van der Waals surface area (Å²) in [5, 5.41) is 6.09. The quantitative estimate of drug-likeness (QED) is 0.774. The molecule has 5 heteroatoms. The molecule has 0 saturated carbocycles. The lowest BCUT2D eigenvalue weighted by molar-refractivity contribution is -0.116. The molecule has 0 unspecified atom stereocenters. The monoisotopic (exact) mass is 351 g/mol. The zero-order valence-electron chi connectivity index (χ0n) is 15.3. The molecule has 0 aromatic heterocycles. The highest BCUT2D eigenvalue weighted by Crippen LogP contribution is 2.22. The molecule has 1 atom stereocenters. The van der Waals surface area contributed by atoms with Crippen molar-refractivity contribution in [1.82, 2.24) is 0 Å². The van der Waals surface area contributed by atoms with Crippen LogP contribution in [0, 0.1) is 0 Å². The lowest BCUT2D eigenvalue weighted by Crippen LogP contribution is -2.31. The van der Waals surface area contributed by atoms with Crippen molar-refractivity contribution in [2.45, 2.75) is 32.7 Å². The minimum absolute atomic E-state index is 0.00953. The van der Waals surface area contributed by atoms with Gasteiger partial charge in [0.25, 0.3) is 0 Å². The van der Waals surface area contributed by atoms with Gasteiger partial charge in [0.1, 0.15) is 6.04 Å². The zero-order valence-corrected chi connectivity index (χ0v) is 15.3. The number of hydrogen-bond donors (Lipinski definition) is 2. The van der Waals surface area contributed by atoms with Gasteiger partial charge in [0.05, 0.1) is 0 Å². The van der Waals surface area contributed by atoms with Crippen LogP contribution in [0.4, 0.5) is 17.1 Å². The Morgan fingerprint density at radius 2 is 1.50 bits per heavy atom. The Morgan fingerprint density at radius 3 is 2.08 bits per heavy atom. The molecule has 0 spiro atoms. The lowest BCUT2D eigenvalue weighted by Gasteiger charge is -2.19. The highest BCUT2D eigenvalue weighted by molar-refractivity contribution is 5.97. The normalized spacial score (nSPS) is 14.8. The number of anilines is 3. The molecule has 5 nitrogen and oxygen atoms in total. The Kier molecular flexibility index (Phi) is 5.56. The van der Waals surface area contributed by atoms with Gasteiger partial charge >= 0.3 is 0 Å². The Labute approximate surface area is 154 Å². The number of carbonyl (C=O) groups excluding carboxylic acids is 2. The average Bonchev–Trinajstić information content (AvgIpc) is 3.17. The molecule has 1 amide bonds. The van der Waals surface area contributed by atoms with Gasteiger partial charge in [-0.3, -0.25) is 9.59 Å². The molecule has 1 aliphatic heterocycles. The predicted molar refractivity (Wildman–Crippen MR) is 106 cm³/mol. The molecule has 2 N–H and O–H groups in total. The minimum atomic E-state index is -0.375. The third kappa shape index (κ3) is 4.42. The van der Waals surface area contributed by atoms with Crippen LogP contribution < -0.4 is 15.5 Å². The van der Waals surface area contributed by atoms with Gasteiger partial charge in [0.15, 0.2) is 5.78 Å². The first-order valence-electron chi connectivity index (χ1n) is 9.06. The summed E-state index contributed by atoms with van der Waals surface area (Å²) in [4.78, 5) is 26.0. The molecule has 1 fully saturated rings. The molecule has 26 heavy (non-hydrogen) atoms. The fourth-order valence-electron chi connectivity index (χ4n) is 3.10. The number of Topliss-reactive ketones (excluding diaryl/α,β-unsaturated/α-hetero) is 1. The topological polar surface area (TPSA) is 61.4 Å². The Morgan fingerprint density at radius 1 is 0.923 bits per heavy atom. The average molecular weight is 351 g/mol. The zero-order chi connectivity index (χ0) is 18.5. The van der Waals surface area contributed by atoms with E-state index in [0.29, 0.717) is 11.3 Å². The van der Waals surface area contributed by atoms with Crippen LogP contribution in [0.25, 0.3) is 0 Å². The van der Waals surface area contributed by atoms with Crippen molar-refractivity contribution in [2.24, 2.45) is 0 Å².